The molecule has 4 nitrogen and oxygen atoms in total. The first-order valence-electron chi connectivity index (χ1n) is 14.5. The summed E-state index contributed by atoms with van der Waals surface area (Å²) in [4.78, 5) is 7.94. The van der Waals surface area contributed by atoms with Crippen LogP contribution in [0.4, 0.5) is 11.4 Å². The van der Waals surface area contributed by atoms with Crippen molar-refractivity contribution >= 4 is 11.4 Å². The maximum atomic E-state index is 6.03. The van der Waals surface area contributed by atoms with Crippen molar-refractivity contribution < 1.29 is 4.74 Å². The maximum absolute atomic E-state index is 6.03. The molecule has 0 spiro atoms. The molecule has 1 aliphatic carbocycles. The van der Waals surface area contributed by atoms with Gasteiger partial charge in [0.25, 0.3) is 0 Å². The molecule has 4 rings (SSSR count). The van der Waals surface area contributed by atoms with Gasteiger partial charge in [0.2, 0.25) is 0 Å². The van der Waals surface area contributed by atoms with Crippen molar-refractivity contribution in [2.45, 2.75) is 104 Å². The fourth-order valence-electron chi connectivity index (χ4n) is 6.83. The van der Waals surface area contributed by atoms with Gasteiger partial charge in [0, 0.05) is 50.6 Å². The molecular weight excluding hydrogens is 418 g/mol. The predicted octanol–water partition coefficient (Wildman–Crippen LogP) is 6.69. The van der Waals surface area contributed by atoms with Crippen LogP contribution < -0.4 is 9.80 Å². The Morgan fingerprint density at radius 1 is 0.882 bits per heavy atom. The number of hydrogen-bond donors (Lipinski definition) is 0. The van der Waals surface area contributed by atoms with E-state index in [9.17, 15) is 0 Å². The fourth-order valence-corrected chi connectivity index (χ4v) is 6.83. The normalized spacial score (nSPS) is 26.7. The van der Waals surface area contributed by atoms with Gasteiger partial charge in [-0.2, -0.15) is 0 Å². The maximum Gasteiger partial charge on any atom is 0.0726 e. The van der Waals surface area contributed by atoms with Crippen LogP contribution in [-0.4, -0.2) is 62.9 Å². The number of unbranched alkanes of at least 4 members (excludes halogenated alkanes) is 1. The van der Waals surface area contributed by atoms with Gasteiger partial charge in [-0.05, 0) is 87.6 Å². The molecule has 1 saturated carbocycles. The fraction of sp³-hybridized carbons (Fsp3) is 0.800. The predicted molar refractivity (Wildman–Crippen MR) is 146 cm³/mol. The number of ether oxygens (including phenoxy) is 1. The highest BCUT2D eigenvalue weighted by atomic mass is 16.5. The van der Waals surface area contributed by atoms with Crippen LogP contribution in [0.3, 0.4) is 0 Å². The van der Waals surface area contributed by atoms with E-state index >= 15 is 0 Å². The van der Waals surface area contributed by atoms with Crippen molar-refractivity contribution in [3.8, 4) is 0 Å². The molecule has 2 heterocycles. The summed E-state index contributed by atoms with van der Waals surface area (Å²) in [5.74, 6) is 0.704. The lowest BCUT2D eigenvalue weighted by Crippen LogP contribution is -2.47. The third-order valence-corrected chi connectivity index (χ3v) is 9.32. The summed E-state index contributed by atoms with van der Waals surface area (Å²) in [6.45, 7) is 19.6. The zero-order chi connectivity index (χ0) is 24.1. The van der Waals surface area contributed by atoms with Crippen LogP contribution in [0, 0.1) is 5.41 Å². The van der Waals surface area contributed by atoms with Crippen molar-refractivity contribution in [2.24, 2.45) is 5.41 Å². The van der Waals surface area contributed by atoms with Crippen LogP contribution in [0.5, 0.6) is 0 Å². The Kier molecular flexibility index (Phi) is 8.85. The second-order valence-corrected chi connectivity index (χ2v) is 11.6. The van der Waals surface area contributed by atoms with Gasteiger partial charge in [-0.1, -0.05) is 40.0 Å². The van der Waals surface area contributed by atoms with Crippen LogP contribution in [0.1, 0.15) is 97.5 Å². The van der Waals surface area contributed by atoms with Crippen LogP contribution in [0.25, 0.3) is 0 Å². The van der Waals surface area contributed by atoms with Gasteiger partial charge in [-0.25, -0.2) is 0 Å². The lowest BCUT2D eigenvalue weighted by atomic mass is 9.66. The monoisotopic (exact) mass is 469 g/mol. The highest BCUT2D eigenvalue weighted by Crippen LogP contribution is 2.49. The van der Waals surface area contributed by atoms with Crippen LogP contribution >= 0.6 is 0 Å². The van der Waals surface area contributed by atoms with Crippen molar-refractivity contribution in [3.05, 3.63) is 23.8 Å². The first-order chi connectivity index (χ1) is 16.5. The van der Waals surface area contributed by atoms with E-state index < -0.39 is 0 Å². The standard InChI is InChI=1S/C30H51N3O/c1-6-9-16-31-17-19-32(20-18-31)29-11-10-27(33-22-24(4)34-25(5)23-33)21-28(29)26-12-14-30(7-2,8-3)15-13-26/h10-11,21,24-26H,6-9,12-20,22-23H2,1-5H3/t24-,25+. The Morgan fingerprint density at radius 3 is 2.12 bits per heavy atom. The third-order valence-electron chi connectivity index (χ3n) is 9.32. The van der Waals surface area contributed by atoms with Gasteiger partial charge in [-0.3, -0.25) is 4.90 Å². The van der Waals surface area contributed by atoms with E-state index in [2.05, 4.69) is 67.5 Å². The minimum absolute atomic E-state index is 0.299. The Morgan fingerprint density at radius 2 is 1.53 bits per heavy atom. The Labute approximate surface area is 210 Å². The summed E-state index contributed by atoms with van der Waals surface area (Å²) in [6.07, 6.45) is 11.4. The Bertz CT molecular complexity index is 748. The minimum atomic E-state index is 0.299. The van der Waals surface area contributed by atoms with E-state index in [4.69, 9.17) is 4.74 Å². The zero-order valence-electron chi connectivity index (χ0n) is 22.8. The summed E-state index contributed by atoms with van der Waals surface area (Å²) in [7, 11) is 0. The number of piperazine rings is 1. The van der Waals surface area contributed by atoms with Gasteiger partial charge in [-0.15, -0.1) is 0 Å². The molecule has 2 atom stereocenters. The first kappa shape index (κ1) is 25.8. The van der Waals surface area contributed by atoms with Crippen molar-refractivity contribution in [3.63, 3.8) is 0 Å². The number of nitrogens with zero attached hydrogens (tertiary/aromatic N) is 3. The summed E-state index contributed by atoms with van der Waals surface area (Å²) in [6, 6.07) is 7.45. The van der Waals surface area contributed by atoms with Gasteiger partial charge in [0.15, 0.2) is 0 Å². The van der Waals surface area contributed by atoms with Gasteiger partial charge in [0.05, 0.1) is 12.2 Å². The van der Waals surface area contributed by atoms with E-state index in [0.717, 1.165) is 13.1 Å². The molecular formula is C30H51N3O. The molecule has 0 radical (unpaired) electrons. The lowest BCUT2D eigenvalue weighted by molar-refractivity contribution is -0.00522. The van der Waals surface area contributed by atoms with Crippen LogP contribution in [0.2, 0.25) is 0 Å². The van der Waals surface area contributed by atoms with E-state index in [-0.39, 0.29) is 0 Å². The zero-order valence-corrected chi connectivity index (χ0v) is 22.8. The summed E-state index contributed by atoms with van der Waals surface area (Å²) in [5, 5.41) is 0. The number of anilines is 2. The molecule has 3 fully saturated rings. The molecule has 4 heteroatoms. The van der Waals surface area contributed by atoms with Crippen molar-refractivity contribution in [1.29, 1.82) is 0 Å². The highest BCUT2D eigenvalue weighted by Gasteiger charge is 2.34. The first-order valence-corrected chi connectivity index (χ1v) is 14.5. The average molecular weight is 470 g/mol. The molecule has 3 aliphatic rings. The van der Waals surface area contributed by atoms with Crippen LogP contribution in [-0.2, 0) is 4.74 Å². The topological polar surface area (TPSA) is 19.0 Å². The van der Waals surface area contributed by atoms with E-state index in [1.54, 1.807) is 5.56 Å². The molecule has 0 aromatic heterocycles. The molecule has 2 aliphatic heterocycles. The molecule has 1 aromatic rings. The Hall–Kier alpha value is -1.26. The smallest absolute Gasteiger partial charge is 0.0726 e. The second-order valence-electron chi connectivity index (χ2n) is 11.6. The third kappa shape index (κ3) is 5.93. The quantitative estimate of drug-likeness (QED) is 0.422. The molecule has 0 bridgehead atoms. The number of rotatable bonds is 8. The molecule has 0 unspecified atom stereocenters. The summed E-state index contributed by atoms with van der Waals surface area (Å²) < 4.78 is 6.03. The molecule has 0 N–H and O–H groups in total. The lowest BCUT2D eigenvalue weighted by Gasteiger charge is -2.42. The highest BCUT2D eigenvalue weighted by molar-refractivity contribution is 5.64. The van der Waals surface area contributed by atoms with Gasteiger partial charge < -0.3 is 14.5 Å². The second kappa shape index (κ2) is 11.6. The SMILES string of the molecule is CCCCN1CCN(c2ccc(N3C[C@@H](C)O[C@@H](C)C3)cc2C2CCC(CC)(CC)CC2)CC1. The molecule has 1 aromatic carbocycles. The van der Waals surface area contributed by atoms with Gasteiger partial charge >= 0.3 is 0 Å². The minimum Gasteiger partial charge on any atom is -0.372 e. The number of benzene rings is 1. The molecule has 34 heavy (non-hydrogen) atoms. The average Bonchev–Trinajstić information content (AvgIpc) is 2.87. The van der Waals surface area contributed by atoms with E-state index in [1.807, 2.05) is 0 Å². The largest absolute Gasteiger partial charge is 0.372 e. The molecule has 192 valence electrons. The van der Waals surface area contributed by atoms with Crippen molar-refractivity contribution in [2.75, 3.05) is 55.6 Å². The van der Waals surface area contributed by atoms with Gasteiger partial charge in [0.1, 0.15) is 0 Å². The van der Waals surface area contributed by atoms with Crippen molar-refractivity contribution in [1.82, 2.24) is 4.90 Å². The van der Waals surface area contributed by atoms with Crippen LogP contribution in [0.15, 0.2) is 18.2 Å². The number of morpholine rings is 1. The summed E-state index contributed by atoms with van der Waals surface area (Å²) in [5.41, 5.74) is 5.16. The van der Waals surface area contributed by atoms with E-state index in [0.29, 0.717) is 23.5 Å². The molecule has 2 saturated heterocycles. The summed E-state index contributed by atoms with van der Waals surface area (Å²) >= 11 is 0. The van der Waals surface area contributed by atoms with E-state index in [1.165, 1.54) is 95.5 Å². The number of hydrogen-bond acceptors (Lipinski definition) is 4. The molecule has 0 amide bonds. The Balaban J connectivity index is 1.56.